The first-order valence-electron chi connectivity index (χ1n) is 6.66. The minimum Gasteiger partial charge on any atom is -0.330 e. The number of sulfonamides is 1. The Hall–Kier alpha value is -1.12. The maximum atomic E-state index is 12.7. The Morgan fingerprint density at radius 3 is 2.48 bits per heavy atom. The zero-order chi connectivity index (χ0) is 15.7. The Morgan fingerprint density at radius 1 is 1.29 bits per heavy atom. The number of nitrogens with zero attached hydrogens (tertiary/aromatic N) is 1. The summed E-state index contributed by atoms with van der Waals surface area (Å²) in [5, 5.41) is 0. The van der Waals surface area contributed by atoms with Gasteiger partial charge in [0.15, 0.2) is 0 Å². The molecule has 0 spiro atoms. The first kappa shape index (κ1) is 16.3. The summed E-state index contributed by atoms with van der Waals surface area (Å²) in [5.74, 6) is 0. The van der Waals surface area contributed by atoms with Gasteiger partial charge in [0.2, 0.25) is 10.0 Å². The van der Waals surface area contributed by atoms with E-state index in [-0.39, 0.29) is 17.5 Å². The van der Waals surface area contributed by atoms with E-state index >= 15 is 0 Å². The van der Waals surface area contributed by atoms with E-state index in [1.165, 1.54) is 10.4 Å². The lowest BCUT2D eigenvalue weighted by molar-refractivity contribution is -0.137. The van der Waals surface area contributed by atoms with E-state index in [2.05, 4.69) is 0 Å². The van der Waals surface area contributed by atoms with E-state index in [9.17, 15) is 21.6 Å². The van der Waals surface area contributed by atoms with Crippen molar-refractivity contribution in [1.29, 1.82) is 0 Å². The minimum atomic E-state index is -4.56. The molecule has 1 aromatic carbocycles. The van der Waals surface area contributed by atoms with Crippen molar-refractivity contribution in [2.24, 2.45) is 5.73 Å². The van der Waals surface area contributed by atoms with Gasteiger partial charge in [-0.05, 0) is 44.0 Å². The van der Waals surface area contributed by atoms with Crippen LogP contribution in [0.3, 0.4) is 0 Å². The van der Waals surface area contributed by atoms with Gasteiger partial charge >= 0.3 is 6.18 Å². The van der Waals surface area contributed by atoms with Crippen LogP contribution in [0.25, 0.3) is 0 Å². The van der Waals surface area contributed by atoms with Gasteiger partial charge in [-0.3, -0.25) is 0 Å². The predicted molar refractivity (Wildman–Crippen MR) is 72.0 cm³/mol. The van der Waals surface area contributed by atoms with Crippen LogP contribution in [-0.2, 0) is 16.2 Å². The van der Waals surface area contributed by atoms with Gasteiger partial charge in [-0.1, -0.05) is 6.07 Å². The van der Waals surface area contributed by atoms with Gasteiger partial charge in [0.1, 0.15) is 0 Å². The number of rotatable bonds is 6. The molecule has 0 bridgehead atoms. The Bertz CT molecular complexity index is 598. The molecule has 8 heteroatoms. The molecule has 1 fully saturated rings. The van der Waals surface area contributed by atoms with Crippen LogP contribution in [0.1, 0.15) is 24.8 Å². The fraction of sp³-hybridized carbons (Fsp3) is 0.538. The third kappa shape index (κ3) is 3.75. The van der Waals surface area contributed by atoms with Crippen molar-refractivity contribution in [3.63, 3.8) is 0 Å². The summed E-state index contributed by atoms with van der Waals surface area (Å²) < 4.78 is 64.4. The van der Waals surface area contributed by atoms with Gasteiger partial charge in [-0.25, -0.2) is 8.42 Å². The monoisotopic (exact) mass is 322 g/mol. The molecule has 0 aromatic heterocycles. The average molecular weight is 322 g/mol. The molecule has 4 nitrogen and oxygen atoms in total. The molecule has 1 aliphatic carbocycles. The summed E-state index contributed by atoms with van der Waals surface area (Å²) in [5.41, 5.74) is 4.43. The molecule has 0 aliphatic heterocycles. The van der Waals surface area contributed by atoms with E-state index in [0.717, 1.165) is 25.0 Å². The lowest BCUT2D eigenvalue weighted by Crippen LogP contribution is -2.35. The highest BCUT2D eigenvalue weighted by Gasteiger charge is 2.38. The van der Waals surface area contributed by atoms with Gasteiger partial charge in [-0.2, -0.15) is 17.5 Å². The molecule has 1 saturated carbocycles. The first-order valence-corrected chi connectivity index (χ1v) is 8.10. The summed E-state index contributed by atoms with van der Waals surface area (Å²) in [6.07, 6.45) is -2.60. The Kier molecular flexibility index (Phi) is 4.60. The largest absolute Gasteiger partial charge is 0.416 e. The molecule has 2 N–H and O–H groups in total. The van der Waals surface area contributed by atoms with Crippen LogP contribution in [0.2, 0.25) is 0 Å². The van der Waals surface area contributed by atoms with Gasteiger partial charge in [0, 0.05) is 12.6 Å². The number of alkyl halides is 3. The molecule has 0 amide bonds. The molecule has 2 rings (SSSR count). The number of halogens is 3. The van der Waals surface area contributed by atoms with Crippen molar-refractivity contribution in [2.75, 3.05) is 13.1 Å². The van der Waals surface area contributed by atoms with Crippen molar-refractivity contribution < 1.29 is 21.6 Å². The quantitative estimate of drug-likeness (QED) is 0.873. The number of hydrogen-bond donors (Lipinski definition) is 1. The number of benzene rings is 1. The Balaban J connectivity index is 2.33. The van der Waals surface area contributed by atoms with Crippen LogP contribution in [-0.4, -0.2) is 31.9 Å². The second kappa shape index (κ2) is 5.94. The summed E-state index contributed by atoms with van der Waals surface area (Å²) >= 11 is 0. The van der Waals surface area contributed by atoms with E-state index in [1.807, 2.05) is 0 Å². The van der Waals surface area contributed by atoms with Crippen LogP contribution in [0.5, 0.6) is 0 Å². The van der Waals surface area contributed by atoms with E-state index in [4.69, 9.17) is 5.73 Å². The highest BCUT2D eigenvalue weighted by molar-refractivity contribution is 7.89. The molecule has 0 saturated heterocycles. The zero-order valence-corrected chi connectivity index (χ0v) is 12.1. The zero-order valence-electron chi connectivity index (χ0n) is 11.3. The summed E-state index contributed by atoms with van der Waals surface area (Å²) in [6, 6.07) is 3.75. The van der Waals surface area contributed by atoms with Crippen LogP contribution >= 0.6 is 0 Å². The SMILES string of the molecule is NCCCN(C1CC1)S(=O)(=O)c1cccc(C(F)(F)F)c1. The molecular weight excluding hydrogens is 305 g/mol. The molecule has 21 heavy (non-hydrogen) atoms. The highest BCUT2D eigenvalue weighted by Crippen LogP contribution is 2.34. The molecule has 1 aromatic rings. The van der Waals surface area contributed by atoms with Crippen LogP contribution in [0.15, 0.2) is 29.2 Å². The number of hydrogen-bond acceptors (Lipinski definition) is 3. The average Bonchev–Trinajstić information content (AvgIpc) is 3.23. The van der Waals surface area contributed by atoms with Crippen LogP contribution in [0.4, 0.5) is 13.2 Å². The first-order chi connectivity index (χ1) is 9.76. The third-order valence-corrected chi connectivity index (χ3v) is 5.25. The molecule has 0 atom stereocenters. The molecular formula is C13H17F3N2O2S. The molecule has 0 radical (unpaired) electrons. The van der Waals surface area contributed by atoms with Crippen LogP contribution < -0.4 is 5.73 Å². The highest BCUT2D eigenvalue weighted by atomic mass is 32.2. The maximum absolute atomic E-state index is 12.7. The topological polar surface area (TPSA) is 63.4 Å². The normalized spacial score (nSPS) is 16.4. The van der Waals surface area contributed by atoms with Gasteiger partial charge in [0.05, 0.1) is 10.5 Å². The van der Waals surface area contributed by atoms with Gasteiger partial charge in [-0.15, -0.1) is 0 Å². The summed E-state index contributed by atoms with van der Waals surface area (Å²) in [6.45, 7) is 0.571. The molecule has 118 valence electrons. The van der Waals surface area contributed by atoms with Crippen molar-refractivity contribution in [3.05, 3.63) is 29.8 Å². The van der Waals surface area contributed by atoms with Crippen molar-refractivity contribution in [3.8, 4) is 0 Å². The second-order valence-corrected chi connectivity index (χ2v) is 6.91. The van der Waals surface area contributed by atoms with Gasteiger partial charge < -0.3 is 5.73 Å². The van der Waals surface area contributed by atoms with Gasteiger partial charge in [0.25, 0.3) is 0 Å². The fourth-order valence-electron chi connectivity index (χ4n) is 2.08. The standard InChI is InChI=1S/C13H17F3N2O2S/c14-13(15,16)10-3-1-4-12(9-10)21(19,20)18(8-2-7-17)11-5-6-11/h1,3-4,9,11H,2,5-8,17H2. The Morgan fingerprint density at radius 2 is 1.95 bits per heavy atom. The van der Waals surface area contributed by atoms with Crippen molar-refractivity contribution >= 4 is 10.0 Å². The van der Waals surface area contributed by atoms with Crippen molar-refractivity contribution in [2.45, 2.75) is 36.4 Å². The smallest absolute Gasteiger partial charge is 0.330 e. The molecule has 0 unspecified atom stereocenters. The number of nitrogens with two attached hydrogens (primary N) is 1. The Labute approximate surface area is 121 Å². The third-order valence-electron chi connectivity index (χ3n) is 3.30. The lowest BCUT2D eigenvalue weighted by Gasteiger charge is -2.22. The minimum absolute atomic E-state index is 0.115. The fourth-order valence-corrected chi connectivity index (χ4v) is 3.85. The van der Waals surface area contributed by atoms with E-state index in [0.29, 0.717) is 19.0 Å². The van der Waals surface area contributed by atoms with Crippen molar-refractivity contribution in [1.82, 2.24) is 4.31 Å². The lowest BCUT2D eigenvalue weighted by atomic mass is 10.2. The van der Waals surface area contributed by atoms with E-state index in [1.54, 1.807) is 0 Å². The molecule has 1 aliphatic rings. The van der Waals surface area contributed by atoms with E-state index < -0.39 is 21.8 Å². The maximum Gasteiger partial charge on any atom is 0.416 e. The van der Waals surface area contributed by atoms with Crippen LogP contribution in [0, 0.1) is 0 Å². The second-order valence-electron chi connectivity index (χ2n) is 5.01. The summed E-state index contributed by atoms with van der Waals surface area (Å²) in [4.78, 5) is -0.318. The predicted octanol–water partition coefficient (Wildman–Crippen LogP) is 2.21. The summed E-state index contributed by atoms with van der Waals surface area (Å²) in [7, 11) is -3.92. The molecule has 0 heterocycles.